The molecule has 1 aromatic heterocycles. The normalized spacial score (nSPS) is 12.9. The fraction of sp³-hybridized carbons (Fsp3) is 0.400. The number of para-hydroxylation sites is 1. The molecule has 140 valence electrons. The third-order valence-electron chi connectivity index (χ3n) is 4.24. The van der Waals surface area contributed by atoms with E-state index < -0.39 is 6.04 Å². The van der Waals surface area contributed by atoms with Gasteiger partial charge in [0.1, 0.15) is 5.75 Å². The van der Waals surface area contributed by atoms with E-state index in [-0.39, 0.29) is 24.9 Å². The van der Waals surface area contributed by atoms with Crippen molar-refractivity contribution in [2.45, 2.75) is 38.6 Å². The molecule has 0 saturated carbocycles. The molecule has 0 aliphatic rings. The third-order valence-corrected chi connectivity index (χ3v) is 5.23. The van der Waals surface area contributed by atoms with Crippen LogP contribution in [0.5, 0.6) is 5.75 Å². The molecule has 1 heterocycles. The number of rotatable bonds is 9. The summed E-state index contributed by atoms with van der Waals surface area (Å²) in [4.78, 5) is 24.9. The first-order valence-corrected chi connectivity index (χ1v) is 9.54. The highest BCUT2D eigenvalue weighted by molar-refractivity contribution is 7.10. The number of ether oxygens (including phenoxy) is 2. The Morgan fingerprint density at radius 3 is 2.62 bits per heavy atom. The van der Waals surface area contributed by atoms with E-state index in [0.29, 0.717) is 5.92 Å². The number of nitrogens with one attached hydrogen (secondary N) is 1. The molecule has 2 atom stereocenters. The van der Waals surface area contributed by atoms with Crippen LogP contribution in [0.2, 0.25) is 0 Å². The van der Waals surface area contributed by atoms with Gasteiger partial charge in [-0.05, 0) is 35.4 Å². The van der Waals surface area contributed by atoms with Crippen LogP contribution in [-0.2, 0) is 14.3 Å². The smallest absolute Gasteiger partial charge is 0.307 e. The molecule has 0 saturated heterocycles. The van der Waals surface area contributed by atoms with Crippen molar-refractivity contribution < 1.29 is 19.1 Å². The Morgan fingerprint density at radius 1 is 1.19 bits per heavy atom. The van der Waals surface area contributed by atoms with Gasteiger partial charge in [-0.25, -0.2) is 0 Å². The van der Waals surface area contributed by atoms with Crippen molar-refractivity contribution in [3.05, 3.63) is 52.2 Å². The molecule has 1 N–H and O–H groups in total. The number of methoxy groups -OCH3 is 1. The minimum Gasteiger partial charge on any atom is -0.483 e. The number of carbonyl (C=O) groups excluding carboxylic acids is 2. The summed E-state index contributed by atoms with van der Waals surface area (Å²) in [7, 11) is 1.34. The van der Waals surface area contributed by atoms with E-state index in [1.165, 1.54) is 18.4 Å². The lowest BCUT2D eigenvalue weighted by molar-refractivity contribution is -0.141. The lowest BCUT2D eigenvalue weighted by atomic mass is 9.98. The van der Waals surface area contributed by atoms with Crippen molar-refractivity contribution in [1.82, 2.24) is 5.32 Å². The summed E-state index contributed by atoms with van der Waals surface area (Å²) in [5, 5.41) is 4.77. The number of carbonyl (C=O) groups is 2. The van der Waals surface area contributed by atoms with E-state index in [9.17, 15) is 9.59 Å². The van der Waals surface area contributed by atoms with Crippen molar-refractivity contribution in [3.8, 4) is 5.75 Å². The first-order chi connectivity index (χ1) is 12.5. The molecule has 0 aliphatic heterocycles. The zero-order valence-corrected chi connectivity index (χ0v) is 16.2. The zero-order valence-electron chi connectivity index (χ0n) is 15.4. The maximum Gasteiger partial charge on any atom is 0.307 e. The Bertz CT molecular complexity index is 714. The molecule has 1 aromatic carbocycles. The molecule has 0 aliphatic carbocycles. The molecule has 1 amide bonds. The molecule has 2 rings (SSSR count). The van der Waals surface area contributed by atoms with Gasteiger partial charge < -0.3 is 14.8 Å². The SMILES string of the molecule is CCC(C)c1ccccc1OCC(=O)NC(CC(=O)OC)c1cccs1. The molecule has 26 heavy (non-hydrogen) atoms. The minimum absolute atomic E-state index is 0.0895. The lowest BCUT2D eigenvalue weighted by Gasteiger charge is -2.18. The minimum atomic E-state index is -0.414. The number of amides is 1. The van der Waals surface area contributed by atoms with Crippen LogP contribution in [0.1, 0.15) is 49.1 Å². The second-order valence-electron chi connectivity index (χ2n) is 6.05. The van der Waals surface area contributed by atoms with Gasteiger partial charge in [-0.3, -0.25) is 9.59 Å². The Morgan fingerprint density at radius 2 is 1.96 bits per heavy atom. The first-order valence-electron chi connectivity index (χ1n) is 8.66. The molecule has 5 nitrogen and oxygen atoms in total. The molecule has 0 bridgehead atoms. The topological polar surface area (TPSA) is 64.6 Å². The monoisotopic (exact) mass is 375 g/mol. The van der Waals surface area contributed by atoms with Crippen molar-refractivity contribution in [2.24, 2.45) is 0 Å². The lowest BCUT2D eigenvalue weighted by Crippen LogP contribution is -2.33. The highest BCUT2D eigenvalue weighted by Crippen LogP contribution is 2.28. The molecule has 2 unspecified atom stereocenters. The van der Waals surface area contributed by atoms with Gasteiger partial charge >= 0.3 is 5.97 Å². The fourth-order valence-corrected chi connectivity index (χ4v) is 3.36. The Balaban J connectivity index is 1.99. The largest absolute Gasteiger partial charge is 0.483 e. The highest BCUT2D eigenvalue weighted by Gasteiger charge is 2.20. The average molecular weight is 375 g/mol. The predicted molar refractivity (Wildman–Crippen MR) is 102 cm³/mol. The van der Waals surface area contributed by atoms with Crippen LogP contribution in [0.15, 0.2) is 41.8 Å². The molecule has 0 spiro atoms. The van der Waals surface area contributed by atoms with Gasteiger partial charge in [0.2, 0.25) is 0 Å². The van der Waals surface area contributed by atoms with Gasteiger partial charge in [0.05, 0.1) is 19.6 Å². The maximum absolute atomic E-state index is 12.4. The van der Waals surface area contributed by atoms with Gasteiger partial charge in [0.25, 0.3) is 5.91 Å². The highest BCUT2D eigenvalue weighted by atomic mass is 32.1. The molecular formula is C20H25NO4S. The fourth-order valence-electron chi connectivity index (χ4n) is 2.58. The number of hydrogen-bond donors (Lipinski definition) is 1. The molecule has 6 heteroatoms. The number of thiophene rings is 1. The summed E-state index contributed by atoms with van der Waals surface area (Å²) in [5.74, 6) is 0.433. The Labute approximate surface area is 158 Å². The van der Waals surface area contributed by atoms with Crippen molar-refractivity contribution in [3.63, 3.8) is 0 Å². The molecule has 2 aromatic rings. The molecule has 0 fully saturated rings. The van der Waals surface area contributed by atoms with Gasteiger partial charge in [-0.1, -0.05) is 38.1 Å². The van der Waals surface area contributed by atoms with Crippen LogP contribution >= 0.6 is 11.3 Å². The second kappa shape index (κ2) is 9.97. The van der Waals surface area contributed by atoms with Crippen molar-refractivity contribution >= 4 is 23.2 Å². The van der Waals surface area contributed by atoms with Crippen molar-refractivity contribution in [2.75, 3.05) is 13.7 Å². The summed E-state index contributed by atoms with van der Waals surface area (Å²) < 4.78 is 10.5. The van der Waals surface area contributed by atoms with Gasteiger partial charge in [-0.15, -0.1) is 11.3 Å². The van der Waals surface area contributed by atoms with Crippen LogP contribution in [0.3, 0.4) is 0 Å². The quantitative estimate of drug-likeness (QED) is 0.671. The summed E-state index contributed by atoms with van der Waals surface area (Å²) in [6.45, 7) is 4.15. The van der Waals surface area contributed by atoms with E-state index in [2.05, 4.69) is 19.2 Å². The number of esters is 1. The van der Waals surface area contributed by atoms with E-state index in [4.69, 9.17) is 9.47 Å². The van der Waals surface area contributed by atoms with Gasteiger partial charge in [0, 0.05) is 4.88 Å². The number of hydrogen-bond acceptors (Lipinski definition) is 5. The van der Waals surface area contributed by atoms with E-state index in [1.807, 2.05) is 41.8 Å². The van der Waals surface area contributed by atoms with Crippen molar-refractivity contribution in [1.29, 1.82) is 0 Å². The Kier molecular flexibility index (Phi) is 7.66. The summed E-state index contributed by atoms with van der Waals surface area (Å²) in [6.07, 6.45) is 1.08. The third kappa shape index (κ3) is 5.59. The summed E-state index contributed by atoms with van der Waals surface area (Å²) in [6, 6.07) is 11.1. The first kappa shape index (κ1) is 20.0. The van der Waals surface area contributed by atoms with E-state index in [1.54, 1.807) is 0 Å². The van der Waals surface area contributed by atoms with Gasteiger partial charge in [0.15, 0.2) is 6.61 Å². The average Bonchev–Trinajstić information content (AvgIpc) is 3.20. The predicted octanol–water partition coefficient (Wildman–Crippen LogP) is 4.06. The zero-order chi connectivity index (χ0) is 18.9. The Hall–Kier alpha value is -2.34. The standard InChI is InChI=1S/C20H25NO4S/c1-4-14(2)15-8-5-6-9-17(15)25-13-19(22)21-16(12-20(23)24-3)18-10-7-11-26-18/h5-11,14,16H,4,12-13H2,1-3H3,(H,21,22). The van der Waals surface area contributed by atoms with Crippen LogP contribution in [0.4, 0.5) is 0 Å². The van der Waals surface area contributed by atoms with Crippen LogP contribution in [0.25, 0.3) is 0 Å². The van der Waals surface area contributed by atoms with Gasteiger partial charge in [-0.2, -0.15) is 0 Å². The number of benzene rings is 1. The molecule has 0 radical (unpaired) electrons. The summed E-state index contributed by atoms with van der Waals surface area (Å²) in [5.41, 5.74) is 1.09. The summed E-state index contributed by atoms with van der Waals surface area (Å²) >= 11 is 1.49. The van der Waals surface area contributed by atoms with E-state index >= 15 is 0 Å². The van der Waals surface area contributed by atoms with Crippen LogP contribution in [0, 0.1) is 0 Å². The maximum atomic E-state index is 12.4. The van der Waals surface area contributed by atoms with Crippen LogP contribution in [-0.4, -0.2) is 25.6 Å². The van der Waals surface area contributed by atoms with Crippen LogP contribution < -0.4 is 10.1 Å². The molecular weight excluding hydrogens is 350 g/mol. The van der Waals surface area contributed by atoms with E-state index in [0.717, 1.165) is 22.6 Å². The second-order valence-corrected chi connectivity index (χ2v) is 7.03.